The molecule has 1 unspecified atom stereocenters. The fourth-order valence-corrected chi connectivity index (χ4v) is 4.17. The maximum absolute atomic E-state index is 13.0. The number of halogens is 3. The molecule has 0 saturated heterocycles. The molecule has 4 heterocycles. The van der Waals surface area contributed by atoms with Crippen LogP contribution in [-0.4, -0.2) is 40.0 Å². The molecule has 0 aliphatic rings. The number of hydrogen-bond acceptors (Lipinski definition) is 5. The summed E-state index contributed by atoms with van der Waals surface area (Å²) in [4.78, 5) is 19.6. The van der Waals surface area contributed by atoms with Crippen molar-refractivity contribution >= 4 is 33.3 Å². The lowest BCUT2D eigenvalue weighted by Crippen LogP contribution is -2.11. The van der Waals surface area contributed by atoms with E-state index in [9.17, 15) is 22.2 Å². The highest BCUT2D eigenvalue weighted by atomic mass is 32.2. The van der Waals surface area contributed by atoms with Crippen LogP contribution in [0.3, 0.4) is 0 Å². The number of primary amides is 1. The second kappa shape index (κ2) is 6.90. The molecule has 0 aromatic carbocycles. The Morgan fingerprint density at radius 3 is 2.63 bits per heavy atom. The molecular formula is C18H15F3N6O2S. The predicted octanol–water partition coefficient (Wildman–Crippen LogP) is 2.53. The highest BCUT2D eigenvalue weighted by molar-refractivity contribution is 7.85. The first-order valence-electron chi connectivity index (χ1n) is 8.72. The summed E-state index contributed by atoms with van der Waals surface area (Å²) in [5, 5.41) is 4.41. The summed E-state index contributed by atoms with van der Waals surface area (Å²) in [6.07, 6.45) is -2.11. The van der Waals surface area contributed by atoms with E-state index in [1.54, 1.807) is 20.0 Å². The van der Waals surface area contributed by atoms with Crippen LogP contribution in [0.25, 0.3) is 28.1 Å². The van der Waals surface area contributed by atoms with Gasteiger partial charge in [-0.1, -0.05) is 6.92 Å². The molecule has 30 heavy (non-hydrogen) atoms. The van der Waals surface area contributed by atoms with E-state index in [0.29, 0.717) is 15.9 Å². The third kappa shape index (κ3) is 3.12. The van der Waals surface area contributed by atoms with Crippen molar-refractivity contribution in [3.05, 3.63) is 41.9 Å². The number of imidazole rings is 1. The summed E-state index contributed by atoms with van der Waals surface area (Å²) in [6.45, 7) is 1.73. The van der Waals surface area contributed by atoms with Gasteiger partial charge >= 0.3 is 6.18 Å². The van der Waals surface area contributed by atoms with E-state index < -0.39 is 28.6 Å². The van der Waals surface area contributed by atoms with Crippen molar-refractivity contribution in [3.63, 3.8) is 0 Å². The van der Waals surface area contributed by atoms with E-state index >= 15 is 0 Å². The maximum atomic E-state index is 13.0. The maximum Gasteiger partial charge on any atom is 0.433 e. The van der Waals surface area contributed by atoms with Gasteiger partial charge in [0.15, 0.2) is 5.82 Å². The topological polar surface area (TPSA) is 108 Å². The number of amides is 1. The van der Waals surface area contributed by atoms with Crippen molar-refractivity contribution in [1.29, 1.82) is 0 Å². The fourth-order valence-electron chi connectivity index (χ4n) is 3.14. The number of nitrogens with two attached hydrogens (primary N) is 1. The van der Waals surface area contributed by atoms with Gasteiger partial charge < -0.3 is 10.3 Å². The Bertz CT molecular complexity index is 1340. The van der Waals surface area contributed by atoms with Crippen LogP contribution in [0.4, 0.5) is 13.2 Å². The van der Waals surface area contributed by atoms with Crippen LogP contribution in [0.15, 0.2) is 35.5 Å². The van der Waals surface area contributed by atoms with Crippen LogP contribution in [0, 0.1) is 0 Å². The zero-order valence-corrected chi connectivity index (χ0v) is 16.6. The molecule has 0 fully saturated rings. The largest absolute Gasteiger partial charge is 0.433 e. The number of carbonyl (C=O) groups is 1. The first-order valence-corrected chi connectivity index (χ1v) is 10.0. The Hall–Kier alpha value is -3.28. The highest BCUT2D eigenvalue weighted by Gasteiger charge is 2.33. The quantitative estimate of drug-likeness (QED) is 0.529. The van der Waals surface area contributed by atoms with Gasteiger partial charge in [-0.2, -0.15) is 18.3 Å². The smallest absolute Gasteiger partial charge is 0.366 e. The lowest BCUT2D eigenvalue weighted by atomic mass is 10.2. The second-order valence-corrected chi connectivity index (χ2v) is 8.15. The van der Waals surface area contributed by atoms with E-state index in [1.165, 1.54) is 21.3 Å². The van der Waals surface area contributed by atoms with Gasteiger partial charge in [0.25, 0.3) is 0 Å². The molecular weight excluding hydrogens is 421 g/mol. The van der Waals surface area contributed by atoms with Gasteiger partial charge in [-0.05, 0) is 18.2 Å². The van der Waals surface area contributed by atoms with Crippen molar-refractivity contribution < 1.29 is 22.2 Å². The second-order valence-electron chi connectivity index (χ2n) is 6.47. The monoisotopic (exact) mass is 436 g/mol. The summed E-state index contributed by atoms with van der Waals surface area (Å²) in [7, 11) is 0.148. The van der Waals surface area contributed by atoms with Crippen LogP contribution in [0.1, 0.15) is 23.0 Å². The highest BCUT2D eigenvalue weighted by Crippen LogP contribution is 2.33. The van der Waals surface area contributed by atoms with E-state index in [0.717, 1.165) is 12.3 Å². The third-order valence-electron chi connectivity index (χ3n) is 4.63. The first-order chi connectivity index (χ1) is 14.1. The zero-order chi connectivity index (χ0) is 21.8. The van der Waals surface area contributed by atoms with Crippen molar-refractivity contribution in [2.45, 2.75) is 18.0 Å². The Morgan fingerprint density at radius 2 is 2.00 bits per heavy atom. The summed E-state index contributed by atoms with van der Waals surface area (Å²) in [5.41, 5.74) is 5.63. The van der Waals surface area contributed by atoms with Crippen LogP contribution in [-0.2, 0) is 24.0 Å². The minimum absolute atomic E-state index is 0.0814. The number of rotatable bonds is 4. The molecule has 156 valence electrons. The lowest BCUT2D eigenvalue weighted by Gasteiger charge is -2.04. The number of fused-ring (bicyclic) bond motifs is 2. The number of hydrogen-bond donors (Lipinski definition) is 1. The molecule has 1 amide bonds. The molecule has 12 heteroatoms. The van der Waals surface area contributed by atoms with Gasteiger partial charge in [0.2, 0.25) is 5.91 Å². The Kier molecular flexibility index (Phi) is 4.60. The summed E-state index contributed by atoms with van der Waals surface area (Å²) < 4.78 is 54.7. The van der Waals surface area contributed by atoms with Gasteiger partial charge in [0.05, 0.1) is 44.0 Å². The average molecular weight is 436 g/mol. The SMILES string of the molecule is CCS(=O)c1c(-c2nc3cc(C(F)(F)F)ncc3n2C)nn2cc(C(N)=O)ccc12. The first kappa shape index (κ1) is 20.0. The standard InChI is InChI=1S/C18H15F3N6O2S/c1-3-30(29)15-11-5-4-9(16(22)28)8-27(11)25-14(15)17-24-10-6-13(18(19,20)21)23-7-12(10)26(17)2/h4-8H,3H2,1-2H3,(H2,22,28). The Morgan fingerprint density at radius 1 is 1.27 bits per heavy atom. The van der Waals surface area contributed by atoms with Crippen LogP contribution >= 0.6 is 0 Å². The number of pyridine rings is 2. The molecule has 4 aromatic rings. The van der Waals surface area contributed by atoms with Gasteiger partial charge in [-0.3, -0.25) is 9.00 Å². The molecule has 8 nitrogen and oxygen atoms in total. The van der Waals surface area contributed by atoms with E-state index in [-0.39, 0.29) is 28.4 Å². The predicted molar refractivity (Wildman–Crippen MR) is 103 cm³/mol. The summed E-state index contributed by atoms with van der Waals surface area (Å²) in [5.74, 6) is -0.136. The lowest BCUT2D eigenvalue weighted by molar-refractivity contribution is -0.141. The Balaban J connectivity index is 2.00. The number of aromatic nitrogens is 5. The van der Waals surface area contributed by atoms with Crippen molar-refractivity contribution in [3.8, 4) is 11.5 Å². The number of alkyl halides is 3. The van der Waals surface area contributed by atoms with Gasteiger partial charge in [-0.25, -0.2) is 14.5 Å². The third-order valence-corrected chi connectivity index (χ3v) is 6.01. The summed E-state index contributed by atoms with van der Waals surface area (Å²) in [6, 6.07) is 3.93. The number of aryl methyl sites for hydroxylation is 1. The minimum atomic E-state index is -4.60. The van der Waals surface area contributed by atoms with Crippen molar-refractivity contribution in [1.82, 2.24) is 24.1 Å². The number of carbonyl (C=O) groups excluding carboxylic acids is 1. The van der Waals surface area contributed by atoms with Gasteiger partial charge in [-0.15, -0.1) is 0 Å². The molecule has 2 N–H and O–H groups in total. The molecule has 1 atom stereocenters. The van der Waals surface area contributed by atoms with Crippen molar-refractivity contribution in [2.24, 2.45) is 12.8 Å². The Labute approximate surface area is 170 Å². The van der Waals surface area contributed by atoms with Crippen LogP contribution < -0.4 is 5.73 Å². The van der Waals surface area contributed by atoms with Crippen LogP contribution in [0.5, 0.6) is 0 Å². The molecule has 0 aliphatic carbocycles. The van der Waals surface area contributed by atoms with Gasteiger partial charge in [0.1, 0.15) is 11.4 Å². The molecule has 0 aliphatic heterocycles. The molecule has 0 spiro atoms. The van der Waals surface area contributed by atoms with E-state index in [1.807, 2.05) is 0 Å². The molecule has 0 radical (unpaired) electrons. The van der Waals surface area contributed by atoms with Gasteiger partial charge in [0, 0.05) is 19.0 Å². The van der Waals surface area contributed by atoms with E-state index in [4.69, 9.17) is 5.73 Å². The average Bonchev–Trinajstić information content (AvgIpc) is 3.23. The van der Waals surface area contributed by atoms with E-state index in [2.05, 4.69) is 15.1 Å². The normalized spacial score (nSPS) is 13.2. The van der Waals surface area contributed by atoms with Crippen LogP contribution in [0.2, 0.25) is 0 Å². The molecule has 4 rings (SSSR count). The molecule has 0 bridgehead atoms. The fraction of sp³-hybridized carbons (Fsp3) is 0.222. The molecule has 0 saturated carbocycles. The molecule has 4 aromatic heterocycles. The van der Waals surface area contributed by atoms with Crippen molar-refractivity contribution in [2.75, 3.05) is 5.75 Å². The summed E-state index contributed by atoms with van der Waals surface area (Å²) >= 11 is 0. The zero-order valence-electron chi connectivity index (χ0n) is 15.8. The minimum Gasteiger partial charge on any atom is -0.366 e. The number of nitrogens with zero attached hydrogens (tertiary/aromatic N) is 5.